The summed E-state index contributed by atoms with van der Waals surface area (Å²) in [4.78, 5) is 2.35. The van der Waals surface area contributed by atoms with E-state index in [1.165, 1.54) is 52.8 Å². The summed E-state index contributed by atoms with van der Waals surface area (Å²) in [5, 5.41) is 9.36. The first kappa shape index (κ1) is 25.8. The van der Waals surface area contributed by atoms with Gasteiger partial charge in [-0.2, -0.15) is 0 Å². The van der Waals surface area contributed by atoms with Gasteiger partial charge in [-0.3, -0.25) is 0 Å². The summed E-state index contributed by atoms with van der Waals surface area (Å²) >= 11 is 0. The van der Waals surface area contributed by atoms with Crippen molar-refractivity contribution in [2.45, 2.75) is 31.6 Å². The van der Waals surface area contributed by atoms with Crippen molar-refractivity contribution < 1.29 is 8.83 Å². The zero-order chi connectivity index (χ0) is 30.2. The van der Waals surface area contributed by atoms with E-state index in [0.717, 1.165) is 60.9 Å². The second-order valence-corrected chi connectivity index (χ2v) is 12.7. The Morgan fingerprint density at radius 3 is 1.98 bits per heavy atom. The fourth-order valence-electron chi connectivity index (χ4n) is 8.04. The van der Waals surface area contributed by atoms with Gasteiger partial charge in [0.15, 0.2) is 5.58 Å². The van der Waals surface area contributed by atoms with E-state index in [1.54, 1.807) is 0 Å². The number of hydrogen-bond donors (Lipinski definition) is 0. The summed E-state index contributed by atoms with van der Waals surface area (Å²) in [5.41, 5.74) is 8.22. The number of rotatable bonds is 4. The third-order valence-corrected chi connectivity index (χ3v) is 10.1. The molecule has 220 valence electrons. The molecule has 2 aromatic heterocycles. The summed E-state index contributed by atoms with van der Waals surface area (Å²) in [7, 11) is 0. The van der Waals surface area contributed by atoms with E-state index in [0.29, 0.717) is 5.92 Å². The molecule has 0 N–H and O–H groups in total. The van der Waals surface area contributed by atoms with Crippen molar-refractivity contribution in [1.29, 1.82) is 0 Å². The Balaban J connectivity index is 1.28. The first-order chi connectivity index (χ1) is 22.8. The second kappa shape index (κ2) is 9.98. The molecule has 0 bridgehead atoms. The van der Waals surface area contributed by atoms with E-state index < -0.39 is 0 Å². The predicted octanol–water partition coefficient (Wildman–Crippen LogP) is 12.9. The summed E-state index contributed by atoms with van der Waals surface area (Å²) in [6.07, 6.45) is 5.06. The first-order valence-corrected chi connectivity index (χ1v) is 16.4. The van der Waals surface area contributed by atoms with Gasteiger partial charge in [-0.15, -0.1) is 0 Å². The van der Waals surface area contributed by atoms with Crippen LogP contribution in [0.15, 0.2) is 142 Å². The third kappa shape index (κ3) is 3.78. The minimum Gasteiger partial charge on any atom is -0.456 e. The van der Waals surface area contributed by atoms with E-state index in [2.05, 4.69) is 138 Å². The van der Waals surface area contributed by atoms with Crippen molar-refractivity contribution >= 4 is 82.5 Å². The van der Waals surface area contributed by atoms with Crippen LogP contribution in [0, 0.1) is 0 Å². The fraction of sp³-hybridized carbons (Fsp3) is 0.116. The molecular formula is C43H31NO2. The summed E-state index contributed by atoms with van der Waals surface area (Å²) in [5.74, 6) is 0.564. The third-order valence-electron chi connectivity index (χ3n) is 10.1. The van der Waals surface area contributed by atoms with Crippen molar-refractivity contribution in [1.82, 2.24) is 0 Å². The normalized spacial score (nSPS) is 14.1. The summed E-state index contributed by atoms with van der Waals surface area (Å²) in [6.45, 7) is 0. The van der Waals surface area contributed by atoms with Crippen molar-refractivity contribution in [3.8, 4) is 0 Å². The maximum Gasteiger partial charge on any atom is 0.159 e. The zero-order valence-electron chi connectivity index (χ0n) is 25.4. The monoisotopic (exact) mass is 593 g/mol. The Hall–Kier alpha value is -5.54. The van der Waals surface area contributed by atoms with Crippen LogP contribution in [0.2, 0.25) is 0 Å². The lowest BCUT2D eigenvalue weighted by Gasteiger charge is -2.27. The Labute approximate surface area is 266 Å². The highest BCUT2D eigenvalue weighted by atomic mass is 16.3. The summed E-state index contributed by atoms with van der Waals surface area (Å²) in [6, 6.07) is 47.8. The van der Waals surface area contributed by atoms with Crippen LogP contribution in [0.3, 0.4) is 0 Å². The fourth-order valence-corrected chi connectivity index (χ4v) is 8.04. The Morgan fingerprint density at radius 1 is 0.478 bits per heavy atom. The van der Waals surface area contributed by atoms with E-state index in [1.807, 2.05) is 0 Å². The van der Waals surface area contributed by atoms with Crippen LogP contribution in [0.1, 0.15) is 37.2 Å². The van der Waals surface area contributed by atoms with Gasteiger partial charge in [-0.25, -0.2) is 0 Å². The predicted molar refractivity (Wildman–Crippen MR) is 192 cm³/mol. The Bertz CT molecular complexity index is 2600. The molecule has 1 aliphatic carbocycles. The van der Waals surface area contributed by atoms with Crippen LogP contribution in [0.5, 0.6) is 0 Å². The largest absolute Gasteiger partial charge is 0.456 e. The van der Waals surface area contributed by atoms with E-state index in [4.69, 9.17) is 8.83 Å². The maximum absolute atomic E-state index is 6.98. The second-order valence-electron chi connectivity index (χ2n) is 12.7. The van der Waals surface area contributed by atoms with Crippen molar-refractivity contribution in [2.24, 2.45) is 0 Å². The molecular weight excluding hydrogens is 562 g/mol. The van der Waals surface area contributed by atoms with Crippen LogP contribution >= 0.6 is 0 Å². The number of hydrogen-bond acceptors (Lipinski definition) is 3. The van der Waals surface area contributed by atoms with Gasteiger partial charge in [0.25, 0.3) is 0 Å². The zero-order valence-corrected chi connectivity index (χ0v) is 25.4. The average Bonchev–Trinajstić information content (AvgIpc) is 3.86. The smallest absolute Gasteiger partial charge is 0.159 e. The molecule has 2 heterocycles. The SMILES string of the molecule is c1ccc(N(c2cc3oc4cc5ccccc5cc4c3c3ccccc23)c2cccc3c2oc2c(C4CCCC4)cccc23)cc1. The van der Waals surface area contributed by atoms with Gasteiger partial charge < -0.3 is 13.7 Å². The van der Waals surface area contributed by atoms with Crippen LogP contribution in [0.4, 0.5) is 17.1 Å². The number of para-hydroxylation sites is 3. The molecule has 0 atom stereocenters. The van der Waals surface area contributed by atoms with Gasteiger partial charge in [-0.05, 0) is 70.8 Å². The topological polar surface area (TPSA) is 29.5 Å². The number of benzene rings is 7. The van der Waals surface area contributed by atoms with Gasteiger partial charge in [0.05, 0.1) is 11.4 Å². The number of fused-ring (bicyclic) bond motifs is 9. The Morgan fingerprint density at radius 2 is 1.15 bits per heavy atom. The number of anilines is 3. The van der Waals surface area contributed by atoms with Gasteiger partial charge in [0.2, 0.25) is 0 Å². The minimum atomic E-state index is 0.564. The highest BCUT2D eigenvalue weighted by Crippen LogP contribution is 2.48. The van der Waals surface area contributed by atoms with Crippen molar-refractivity contribution in [3.63, 3.8) is 0 Å². The van der Waals surface area contributed by atoms with Crippen LogP contribution < -0.4 is 4.90 Å². The summed E-state index contributed by atoms with van der Waals surface area (Å²) < 4.78 is 13.7. The highest BCUT2D eigenvalue weighted by molar-refractivity contribution is 6.24. The molecule has 1 saturated carbocycles. The molecule has 0 unspecified atom stereocenters. The van der Waals surface area contributed by atoms with Crippen LogP contribution in [-0.4, -0.2) is 0 Å². The van der Waals surface area contributed by atoms with Crippen molar-refractivity contribution in [3.05, 3.63) is 139 Å². The molecule has 3 heteroatoms. The lowest BCUT2D eigenvalue weighted by atomic mass is 9.95. The van der Waals surface area contributed by atoms with Crippen LogP contribution in [0.25, 0.3) is 65.4 Å². The quantitative estimate of drug-likeness (QED) is 0.203. The molecule has 3 nitrogen and oxygen atoms in total. The lowest BCUT2D eigenvalue weighted by molar-refractivity contribution is 0.643. The maximum atomic E-state index is 6.98. The molecule has 0 saturated heterocycles. The molecule has 10 rings (SSSR count). The number of nitrogens with zero attached hydrogens (tertiary/aromatic N) is 1. The van der Waals surface area contributed by atoms with Crippen molar-refractivity contribution in [2.75, 3.05) is 4.90 Å². The van der Waals surface area contributed by atoms with E-state index in [9.17, 15) is 0 Å². The number of furan rings is 2. The highest BCUT2D eigenvalue weighted by Gasteiger charge is 2.26. The molecule has 7 aromatic carbocycles. The van der Waals surface area contributed by atoms with E-state index in [-0.39, 0.29) is 0 Å². The standard InChI is InChI=1S/C43H31NO2/c1-2-16-30(17-3-1)44(37-23-11-22-35-34-21-10-20-31(27-12-4-5-13-27)42(34)46-43(35)37)38-26-40-41(33-19-9-8-18-32(33)38)36-24-28-14-6-7-15-29(28)25-39(36)45-40/h1-3,6-11,14-27H,4-5,12-13H2. The molecule has 46 heavy (non-hydrogen) atoms. The first-order valence-electron chi connectivity index (χ1n) is 16.4. The Kier molecular flexibility index (Phi) is 5.59. The van der Waals surface area contributed by atoms with Gasteiger partial charge in [0.1, 0.15) is 16.7 Å². The van der Waals surface area contributed by atoms with Gasteiger partial charge in [0, 0.05) is 38.7 Å². The molecule has 0 radical (unpaired) electrons. The lowest BCUT2D eigenvalue weighted by Crippen LogP contribution is -2.10. The minimum absolute atomic E-state index is 0.564. The average molecular weight is 594 g/mol. The molecule has 9 aromatic rings. The molecule has 0 aliphatic heterocycles. The van der Waals surface area contributed by atoms with E-state index >= 15 is 0 Å². The molecule has 1 aliphatic rings. The van der Waals surface area contributed by atoms with Gasteiger partial charge >= 0.3 is 0 Å². The molecule has 0 amide bonds. The van der Waals surface area contributed by atoms with Gasteiger partial charge in [-0.1, -0.05) is 110 Å². The van der Waals surface area contributed by atoms with Crippen LogP contribution in [-0.2, 0) is 0 Å². The molecule has 0 spiro atoms. The molecule has 1 fully saturated rings.